The number of benzene rings is 1. The predicted octanol–water partition coefficient (Wildman–Crippen LogP) is 2.62. The zero-order chi connectivity index (χ0) is 16.4. The third-order valence-electron chi connectivity index (χ3n) is 5.48. The Bertz CT molecular complexity index is 724. The van der Waals surface area contributed by atoms with Crippen molar-refractivity contribution in [3.8, 4) is 0 Å². The summed E-state index contributed by atoms with van der Waals surface area (Å²) in [6, 6.07) is 10.6. The molecule has 4 rings (SSSR count). The van der Waals surface area contributed by atoms with Crippen molar-refractivity contribution < 1.29 is 4.79 Å². The second-order valence-corrected chi connectivity index (χ2v) is 7.15. The number of carbonyl (C=O) groups excluding carboxylic acids is 1. The topological polar surface area (TPSA) is 69.8 Å². The molecule has 1 amide bonds. The van der Waals surface area contributed by atoms with Crippen LogP contribution in [0.25, 0.3) is 0 Å². The van der Waals surface area contributed by atoms with Gasteiger partial charge in [0.1, 0.15) is 0 Å². The number of aromatic amines is 1. The number of hydrogen-bond acceptors (Lipinski definition) is 3. The van der Waals surface area contributed by atoms with E-state index >= 15 is 0 Å². The molecular formula is C19H25ClN4O. The highest BCUT2D eigenvalue weighted by Crippen LogP contribution is 2.43. The van der Waals surface area contributed by atoms with Gasteiger partial charge in [0.05, 0.1) is 0 Å². The fraction of sp³-hybridized carbons (Fsp3) is 0.474. The van der Waals surface area contributed by atoms with Crippen LogP contribution >= 0.6 is 12.4 Å². The van der Waals surface area contributed by atoms with Crippen LogP contribution < -0.4 is 10.6 Å². The molecule has 1 aliphatic heterocycles. The highest BCUT2D eigenvalue weighted by Gasteiger charge is 2.37. The molecule has 0 bridgehead atoms. The van der Waals surface area contributed by atoms with Crippen molar-refractivity contribution in [2.24, 2.45) is 5.41 Å². The summed E-state index contributed by atoms with van der Waals surface area (Å²) in [6.45, 7) is 2.40. The van der Waals surface area contributed by atoms with E-state index in [1.165, 1.54) is 24.8 Å². The van der Waals surface area contributed by atoms with E-state index in [1.807, 2.05) is 6.07 Å². The molecule has 1 saturated carbocycles. The second kappa shape index (κ2) is 7.58. The number of halogens is 1. The van der Waals surface area contributed by atoms with Crippen molar-refractivity contribution in [1.29, 1.82) is 0 Å². The summed E-state index contributed by atoms with van der Waals surface area (Å²) < 4.78 is 0. The quantitative estimate of drug-likeness (QED) is 0.767. The van der Waals surface area contributed by atoms with Gasteiger partial charge in [-0.05, 0) is 30.2 Å². The van der Waals surface area contributed by atoms with Crippen molar-refractivity contribution in [2.45, 2.75) is 38.6 Å². The summed E-state index contributed by atoms with van der Waals surface area (Å²) >= 11 is 0. The molecule has 2 aromatic rings. The predicted molar refractivity (Wildman–Crippen MR) is 100 cm³/mol. The first kappa shape index (κ1) is 18.0. The molecular weight excluding hydrogens is 336 g/mol. The molecule has 25 heavy (non-hydrogen) atoms. The second-order valence-electron chi connectivity index (χ2n) is 7.15. The van der Waals surface area contributed by atoms with Gasteiger partial charge in [0.25, 0.3) is 5.91 Å². The molecule has 134 valence electrons. The van der Waals surface area contributed by atoms with Gasteiger partial charge >= 0.3 is 0 Å². The normalized spacial score (nSPS) is 17.8. The van der Waals surface area contributed by atoms with Crippen LogP contribution in [0.5, 0.6) is 0 Å². The number of nitrogens with zero attached hydrogens (tertiary/aromatic N) is 1. The molecule has 1 fully saturated rings. The Morgan fingerprint density at radius 3 is 2.76 bits per heavy atom. The lowest BCUT2D eigenvalue weighted by Crippen LogP contribution is -2.44. The molecule has 0 atom stereocenters. The Morgan fingerprint density at radius 1 is 1.24 bits per heavy atom. The standard InChI is InChI=1S/C19H24N4O.ClH/c24-18(17-15-12-20-10-7-16(15)22-23-17)21-13-19(8-4-9-19)11-14-5-2-1-3-6-14;/h1-3,5-6,20H,4,7-13H2,(H,21,24)(H,22,23);1H. The van der Waals surface area contributed by atoms with Gasteiger partial charge < -0.3 is 10.6 Å². The van der Waals surface area contributed by atoms with Crippen molar-refractivity contribution >= 4 is 18.3 Å². The summed E-state index contributed by atoms with van der Waals surface area (Å²) in [7, 11) is 0. The lowest BCUT2D eigenvalue weighted by atomic mass is 9.65. The van der Waals surface area contributed by atoms with Gasteiger partial charge in [0.2, 0.25) is 0 Å². The van der Waals surface area contributed by atoms with Gasteiger partial charge in [-0.3, -0.25) is 9.89 Å². The van der Waals surface area contributed by atoms with Crippen molar-refractivity contribution in [3.63, 3.8) is 0 Å². The van der Waals surface area contributed by atoms with Crippen molar-refractivity contribution in [2.75, 3.05) is 13.1 Å². The van der Waals surface area contributed by atoms with Crippen LogP contribution in [-0.2, 0) is 19.4 Å². The number of hydrogen-bond donors (Lipinski definition) is 3. The van der Waals surface area contributed by atoms with Crippen LogP contribution in [0.4, 0.5) is 0 Å². The zero-order valence-corrected chi connectivity index (χ0v) is 15.1. The minimum absolute atomic E-state index is 0. The lowest BCUT2D eigenvalue weighted by Gasteiger charge is -2.42. The molecule has 1 aliphatic carbocycles. The van der Waals surface area contributed by atoms with Crippen LogP contribution in [-0.4, -0.2) is 29.2 Å². The monoisotopic (exact) mass is 360 g/mol. The highest BCUT2D eigenvalue weighted by molar-refractivity contribution is 5.94. The fourth-order valence-electron chi connectivity index (χ4n) is 3.89. The van der Waals surface area contributed by atoms with Crippen LogP contribution in [0.2, 0.25) is 0 Å². The van der Waals surface area contributed by atoms with Gasteiger partial charge in [-0.1, -0.05) is 36.8 Å². The summed E-state index contributed by atoms with van der Waals surface area (Å²) in [5.74, 6) is -0.0458. The summed E-state index contributed by atoms with van der Waals surface area (Å²) in [5, 5.41) is 13.7. The van der Waals surface area contributed by atoms with E-state index in [-0.39, 0.29) is 23.7 Å². The Balaban J connectivity index is 0.00000182. The van der Waals surface area contributed by atoms with Gasteiger partial charge in [-0.2, -0.15) is 5.10 Å². The van der Waals surface area contributed by atoms with Crippen LogP contribution in [0, 0.1) is 5.41 Å². The Labute approximate surface area is 154 Å². The molecule has 5 nitrogen and oxygen atoms in total. The zero-order valence-electron chi connectivity index (χ0n) is 14.3. The maximum absolute atomic E-state index is 12.6. The number of H-pyrrole nitrogens is 1. The molecule has 0 spiro atoms. The Kier molecular flexibility index (Phi) is 5.45. The Morgan fingerprint density at radius 2 is 2.04 bits per heavy atom. The van der Waals surface area contributed by atoms with Gasteiger partial charge in [-0.25, -0.2) is 0 Å². The number of carbonyl (C=O) groups is 1. The average Bonchev–Trinajstić information content (AvgIpc) is 3.02. The molecule has 2 heterocycles. The van der Waals surface area contributed by atoms with Crippen LogP contribution in [0.15, 0.2) is 30.3 Å². The summed E-state index contributed by atoms with van der Waals surface area (Å²) in [4.78, 5) is 12.6. The summed E-state index contributed by atoms with van der Waals surface area (Å²) in [5.41, 5.74) is 4.26. The number of fused-ring (bicyclic) bond motifs is 1. The molecule has 3 N–H and O–H groups in total. The first-order valence-corrected chi connectivity index (χ1v) is 8.85. The number of amides is 1. The number of nitrogens with one attached hydrogen (secondary N) is 3. The molecule has 2 aliphatic rings. The average molecular weight is 361 g/mol. The minimum atomic E-state index is -0.0458. The molecule has 0 unspecified atom stereocenters. The molecule has 1 aromatic heterocycles. The van der Waals surface area contributed by atoms with Crippen molar-refractivity contribution in [1.82, 2.24) is 20.8 Å². The third kappa shape index (κ3) is 3.72. The maximum atomic E-state index is 12.6. The van der Waals surface area contributed by atoms with Crippen molar-refractivity contribution in [3.05, 3.63) is 52.8 Å². The van der Waals surface area contributed by atoms with Crippen LogP contribution in [0.1, 0.15) is 46.6 Å². The number of rotatable bonds is 5. The minimum Gasteiger partial charge on any atom is -0.350 e. The highest BCUT2D eigenvalue weighted by atomic mass is 35.5. The molecule has 0 saturated heterocycles. The first-order valence-electron chi connectivity index (χ1n) is 8.85. The first-order chi connectivity index (χ1) is 11.8. The molecule has 0 radical (unpaired) electrons. The van der Waals surface area contributed by atoms with E-state index in [2.05, 4.69) is 45.1 Å². The third-order valence-corrected chi connectivity index (χ3v) is 5.48. The maximum Gasteiger partial charge on any atom is 0.272 e. The van der Waals surface area contributed by atoms with E-state index in [1.54, 1.807) is 0 Å². The Hall–Kier alpha value is -1.85. The van der Waals surface area contributed by atoms with Gasteiger partial charge in [0.15, 0.2) is 5.69 Å². The van der Waals surface area contributed by atoms with E-state index in [0.29, 0.717) is 5.69 Å². The SMILES string of the molecule is Cl.O=C(NCC1(Cc2ccccc2)CCC1)c1n[nH]c2c1CNCC2. The smallest absolute Gasteiger partial charge is 0.272 e. The van der Waals surface area contributed by atoms with Gasteiger partial charge in [0, 0.05) is 37.3 Å². The fourth-order valence-corrected chi connectivity index (χ4v) is 3.89. The van der Waals surface area contributed by atoms with E-state index in [4.69, 9.17) is 0 Å². The van der Waals surface area contributed by atoms with Crippen LogP contribution in [0.3, 0.4) is 0 Å². The lowest BCUT2D eigenvalue weighted by molar-refractivity contribution is 0.0854. The molecule has 1 aromatic carbocycles. The number of aromatic nitrogens is 2. The molecule has 6 heteroatoms. The summed E-state index contributed by atoms with van der Waals surface area (Å²) in [6.07, 6.45) is 5.57. The van der Waals surface area contributed by atoms with E-state index < -0.39 is 0 Å². The van der Waals surface area contributed by atoms with Gasteiger partial charge in [-0.15, -0.1) is 12.4 Å². The van der Waals surface area contributed by atoms with E-state index in [9.17, 15) is 4.79 Å². The van der Waals surface area contributed by atoms with E-state index in [0.717, 1.165) is 43.7 Å². The largest absolute Gasteiger partial charge is 0.350 e.